The predicted molar refractivity (Wildman–Crippen MR) is 321 cm³/mol. The van der Waals surface area contributed by atoms with Crippen LogP contribution in [0.2, 0.25) is 0 Å². The molecular weight excluding hydrogens is 927 g/mol. The number of anilines is 4. The molecule has 0 unspecified atom stereocenters. The van der Waals surface area contributed by atoms with E-state index < -0.39 is 0 Å². The minimum absolute atomic E-state index is 0.0116. The highest BCUT2D eigenvalue weighted by molar-refractivity contribution is 6.25. The molecule has 1 aliphatic heterocycles. The molecule has 1 aliphatic rings. The van der Waals surface area contributed by atoms with E-state index in [1.54, 1.807) is 0 Å². The average molecular weight is 996 g/mol. The van der Waals surface area contributed by atoms with E-state index in [-0.39, 0.29) is 21.7 Å². The van der Waals surface area contributed by atoms with E-state index in [9.17, 15) is 0 Å². The molecule has 8 aromatic carbocycles. The van der Waals surface area contributed by atoms with Gasteiger partial charge >= 0.3 is 0 Å². The Morgan fingerprint density at radius 3 is 1.58 bits per heavy atom. The zero-order valence-electron chi connectivity index (χ0n) is 46.2. The number of hydrogen-bond donors (Lipinski definition) is 0. The summed E-state index contributed by atoms with van der Waals surface area (Å²) >= 11 is 0. The third-order valence-corrected chi connectivity index (χ3v) is 15.6. The molecule has 3 aromatic heterocycles. The second kappa shape index (κ2) is 17.8. The van der Waals surface area contributed by atoms with Gasteiger partial charge in [-0.25, -0.2) is 4.98 Å². The van der Waals surface area contributed by atoms with E-state index >= 15 is 0 Å². The Balaban J connectivity index is 0.994. The van der Waals surface area contributed by atoms with Crippen molar-refractivity contribution in [1.82, 2.24) is 14.1 Å². The predicted octanol–water partition coefficient (Wildman–Crippen LogP) is 19.1. The minimum Gasteiger partial charge on any atom is -0.457 e. The Labute approximate surface area is 449 Å². The van der Waals surface area contributed by atoms with Crippen LogP contribution in [-0.4, -0.2) is 20.8 Å². The minimum atomic E-state index is -0.0436. The third kappa shape index (κ3) is 8.48. The van der Waals surface area contributed by atoms with Gasteiger partial charge in [-0.1, -0.05) is 186 Å². The van der Waals surface area contributed by atoms with Crippen molar-refractivity contribution in [2.75, 3.05) is 16.5 Å². The largest absolute Gasteiger partial charge is 0.457 e. The maximum Gasteiger partial charge on any atom is 0.137 e. The van der Waals surface area contributed by atoms with Crippen molar-refractivity contribution in [2.45, 2.75) is 105 Å². The van der Waals surface area contributed by atoms with E-state index in [4.69, 9.17) is 9.72 Å². The first-order chi connectivity index (χ1) is 36.2. The Hall–Kier alpha value is -8.09. The van der Waals surface area contributed by atoms with E-state index in [1.165, 1.54) is 61.0 Å². The van der Waals surface area contributed by atoms with Crippen LogP contribution in [0.3, 0.4) is 0 Å². The fourth-order valence-electron chi connectivity index (χ4n) is 11.4. The van der Waals surface area contributed by atoms with Crippen LogP contribution in [0.1, 0.15) is 105 Å². The summed E-state index contributed by atoms with van der Waals surface area (Å²) in [7, 11) is 0. The molecule has 0 saturated heterocycles. The van der Waals surface area contributed by atoms with E-state index in [2.05, 4.69) is 284 Å². The van der Waals surface area contributed by atoms with Crippen molar-refractivity contribution < 1.29 is 4.74 Å². The van der Waals surface area contributed by atoms with Crippen LogP contribution in [0.5, 0.6) is 11.5 Å². The summed E-state index contributed by atoms with van der Waals surface area (Å²) in [4.78, 5) is 10.0. The molecule has 0 atom stereocenters. The molecule has 6 heteroatoms. The lowest BCUT2D eigenvalue weighted by Crippen LogP contribution is -2.25. The van der Waals surface area contributed by atoms with Crippen LogP contribution in [0.25, 0.3) is 66.6 Å². The van der Waals surface area contributed by atoms with Crippen molar-refractivity contribution in [3.63, 3.8) is 0 Å². The van der Waals surface area contributed by atoms with Crippen LogP contribution in [0.15, 0.2) is 188 Å². The molecule has 76 heavy (non-hydrogen) atoms. The van der Waals surface area contributed by atoms with Gasteiger partial charge in [0.2, 0.25) is 0 Å². The second-order valence-corrected chi connectivity index (χ2v) is 25.1. The standard InChI is InChI=1S/C70H69N5O/c1-67(2,3)47-23-18-22-45(36-47)55-28-20-29-56(46-37-49(69(7,8)9)39-50(38-46)70(10,11)12)66(55)73-44-72(57-30-16-17-31-58(57)73)52-26-19-27-53(41-52)76-54-42-61-65-62(43-54)75(63-40-48(34-35-71-63)68(4,5)6)60-33-21-32-59(64(60)65)74(61)51-24-14-13-15-25-51/h13-43H,44H2,1-12H3. The van der Waals surface area contributed by atoms with Crippen LogP contribution in [0, 0.1) is 0 Å². The van der Waals surface area contributed by atoms with Crippen molar-refractivity contribution in [2.24, 2.45) is 0 Å². The molecule has 0 bridgehead atoms. The van der Waals surface area contributed by atoms with Crippen LogP contribution in [0.4, 0.5) is 22.7 Å². The number of nitrogens with zero attached hydrogens (tertiary/aromatic N) is 5. The number of hydrogen-bond acceptors (Lipinski definition) is 4. The molecule has 0 radical (unpaired) electrons. The van der Waals surface area contributed by atoms with Gasteiger partial charge in [0.05, 0.1) is 39.1 Å². The molecule has 0 saturated carbocycles. The maximum atomic E-state index is 7.13. The van der Waals surface area contributed by atoms with Crippen LogP contribution < -0.4 is 14.5 Å². The number of fused-ring (bicyclic) bond motifs is 1. The molecule has 0 aliphatic carbocycles. The molecule has 0 fully saturated rings. The fourth-order valence-corrected chi connectivity index (χ4v) is 11.4. The Kier molecular flexibility index (Phi) is 11.4. The number of benzene rings is 8. The van der Waals surface area contributed by atoms with Gasteiger partial charge < -0.3 is 19.1 Å². The Morgan fingerprint density at radius 2 is 0.908 bits per heavy atom. The van der Waals surface area contributed by atoms with Gasteiger partial charge in [-0.15, -0.1) is 0 Å². The first-order valence-corrected chi connectivity index (χ1v) is 27.0. The summed E-state index contributed by atoms with van der Waals surface area (Å²) in [5, 5.41) is 2.41. The number of pyridine rings is 1. The summed E-state index contributed by atoms with van der Waals surface area (Å²) < 4.78 is 11.8. The lowest BCUT2D eigenvalue weighted by Gasteiger charge is -2.30. The third-order valence-electron chi connectivity index (χ3n) is 15.6. The van der Waals surface area contributed by atoms with Gasteiger partial charge in [0.25, 0.3) is 0 Å². The summed E-state index contributed by atoms with van der Waals surface area (Å²) in [6.45, 7) is 28.2. The smallest absolute Gasteiger partial charge is 0.137 e. The van der Waals surface area contributed by atoms with Gasteiger partial charge in [-0.3, -0.25) is 4.57 Å². The number of rotatable bonds is 8. The van der Waals surface area contributed by atoms with Gasteiger partial charge in [0.1, 0.15) is 24.0 Å². The highest BCUT2D eigenvalue weighted by Gasteiger charge is 2.33. The first kappa shape index (κ1) is 48.8. The Morgan fingerprint density at radius 1 is 0.382 bits per heavy atom. The van der Waals surface area contributed by atoms with E-state index in [1.807, 2.05) is 6.20 Å². The average Bonchev–Trinajstić information content (AvgIpc) is 4.14. The Bertz CT molecular complexity index is 3960. The summed E-state index contributed by atoms with van der Waals surface area (Å²) in [5.41, 5.74) is 20.0. The first-order valence-electron chi connectivity index (χ1n) is 27.0. The van der Waals surface area contributed by atoms with Crippen molar-refractivity contribution >= 4 is 55.6 Å². The van der Waals surface area contributed by atoms with Crippen molar-refractivity contribution in [3.8, 4) is 45.3 Å². The van der Waals surface area contributed by atoms with Crippen LogP contribution in [-0.2, 0) is 21.7 Å². The van der Waals surface area contributed by atoms with E-state index in [0.717, 1.165) is 62.1 Å². The summed E-state index contributed by atoms with van der Waals surface area (Å²) in [5.74, 6) is 2.40. The maximum absolute atomic E-state index is 7.13. The highest BCUT2D eigenvalue weighted by atomic mass is 16.5. The second-order valence-electron chi connectivity index (χ2n) is 25.1. The monoisotopic (exact) mass is 996 g/mol. The molecule has 6 nitrogen and oxygen atoms in total. The van der Waals surface area contributed by atoms with Gasteiger partial charge in [0.15, 0.2) is 0 Å². The van der Waals surface area contributed by atoms with Crippen molar-refractivity contribution in [1.29, 1.82) is 0 Å². The number of aromatic nitrogens is 3. The SMILES string of the molecule is CC(C)(C)c1cccc(-c2cccc(-c3cc(C(C)(C)C)cc(C(C)(C)C)c3)c2N2CN(c3cccc(Oc4cc5c6c7c(cccc7n(-c7cc(C(C)(C)C)ccn7)c6c4)n5-c4ccccc4)c3)c3ccccc32)c1. The summed E-state index contributed by atoms with van der Waals surface area (Å²) in [6, 6.07) is 66.9. The lowest BCUT2D eigenvalue weighted by atomic mass is 9.78. The lowest BCUT2D eigenvalue weighted by molar-refractivity contribution is 0.484. The number of para-hydroxylation sites is 4. The van der Waals surface area contributed by atoms with E-state index in [0.29, 0.717) is 6.67 Å². The normalized spacial score (nSPS) is 13.4. The molecule has 0 N–H and O–H groups in total. The molecule has 0 spiro atoms. The molecule has 4 heterocycles. The van der Waals surface area contributed by atoms with Gasteiger partial charge in [-0.05, 0) is 116 Å². The fraction of sp³-hybridized carbons (Fsp3) is 0.243. The quantitative estimate of drug-likeness (QED) is 0.152. The van der Waals surface area contributed by atoms with Crippen molar-refractivity contribution in [3.05, 3.63) is 210 Å². The molecule has 12 rings (SSSR count). The highest BCUT2D eigenvalue weighted by Crippen LogP contribution is 2.52. The zero-order valence-corrected chi connectivity index (χ0v) is 46.2. The van der Waals surface area contributed by atoms with Gasteiger partial charge in [-0.2, -0.15) is 0 Å². The molecular formula is C70H69N5O. The van der Waals surface area contributed by atoms with Crippen LogP contribution >= 0.6 is 0 Å². The number of ether oxygens (including phenoxy) is 1. The topological polar surface area (TPSA) is 38.5 Å². The van der Waals surface area contributed by atoms with Gasteiger partial charge in [0, 0.05) is 57.7 Å². The summed E-state index contributed by atoms with van der Waals surface area (Å²) in [6.07, 6.45) is 1.95. The molecule has 380 valence electrons. The molecule has 11 aromatic rings. The molecule has 0 amide bonds. The zero-order chi connectivity index (χ0) is 53.1.